The summed E-state index contributed by atoms with van der Waals surface area (Å²) in [5.41, 5.74) is 2.87. The predicted octanol–water partition coefficient (Wildman–Crippen LogP) is 1.06. The average molecular weight is 315 g/mol. The molecule has 0 N–H and O–H groups in total. The van der Waals surface area contributed by atoms with E-state index in [1.54, 1.807) is 18.1 Å². The molecule has 2 aromatic heterocycles. The summed E-state index contributed by atoms with van der Waals surface area (Å²) in [4.78, 5) is 30.9. The zero-order valence-electron chi connectivity index (χ0n) is 13.9. The zero-order valence-corrected chi connectivity index (χ0v) is 13.9. The van der Waals surface area contributed by atoms with Gasteiger partial charge >= 0.3 is 0 Å². The van der Waals surface area contributed by atoms with Crippen molar-refractivity contribution in [1.82, 2.24) is 24.2 Å². The minimum absolute atomic E-state index is 0.0223. The molecule has 23 heavy (non-hydrogen) atoms. The second-order valence-corrected chi connectivity index (χ2v) is 6.24. The van der Waals surface area contributed by atoms with Gasteiger partial charge < -0.3 is 9.47 Å². The molecule has 7 nitrogen and oxygen atoms in total. The van der Waals surface area contributed by atoms with Crippen LogP contribution in [0.4, 0.5) is 0 Å². The normalized spacial score (nSPS) is 14.2. The minimum atomic E-state index is -0.0532. The highest BCUT2D eigenvalue weighted by atomic mass is 16.2. The Labute approximate surface area is 134 Å². The summed E-state index contributed by atoms with van der Waals surface area (Å²) >= 11 is 0. The van der Waals surface area contributed by atoms with Gasteiger partial charge in [-0.2, -0.15) is 5.10 Å². The van der Waals surface area contributed by atoms with Crippen LogP contribution in [-0.4, -0.2) is 36.7 Å². The number of aryl methyl sites for hydroxylation is 1. The Morgan fingerprint density at radius 3 is 2.74 bits per heavy atom. The molecule has 0 fully saturated rings. The topological polar surface area (TPSA) is 73.0 Å². The first-order valence-corrected chi connectivity index (χ1v) is 7.77. The van der Waals surface area contributed by atoms with E-state index in [1.165, 1.54) is 10.9 Å². The third kappa shape index (κ3) is 2.56. The molecule has 0 aliphatic carbocycles. The number of nitrogens with zero attached hydrogens (tertiary/aromatic N) is 5. The molecular formula is C16H21N5O2. The van der Waals surface area contributed by atoms with Gasteiger partial charge in [-0.05, 0) is 27.2 Å². The molecule has 122 valence electrons. The molecule has 0 atom stereocenters. The van der Waals surface area contributed by atoms with Crippen LogP contribution in [0.2, 0.25) is 0 Å². The Kier molecular flexibility index (Phi) is 3.79. The van der Waals surface area contributed by atoms with E-state index in [9.17, 15) is 9.59 Å². The second kappa shape index (κ2) is 5.64. The lowest BCUT2D eigenvalue weighted by Crippen LogP contribution is -2.40. The van der Waals surface area contributed by atoms with Crippen LogP contribution < -0.4 is 5.56 Å². The highest BCUT2D eigenvalue weighted by Gasteiger charge is 2.27. The molecule has 3 heterocycles. The van der Waals surface area contributed by atoms with Gasteiger partial charge in [0.1, 0.15) is 0 Å². The third-order valence-electron chi connectivity index (χ3n) is 4.34. The summed E-state index contributed by atoms with van der Waals surface area (Å²) in [5, 5.41) is 4.30. The fourth-order valence-corrected chi connectivity index (χ4v) is 3.01. The van der Waals surface area contributed by atoms with Crippen LogP contribution in [0.15, 0.2) is 17.3 Å². The number of hydrogen-bond donors (Lipinski definition) is 0. The predicted molar refractivity (Wildman–Crippen MR) is 85.3 cm³/mol. The summed E-state index contributed by atoms with van der Waals surface area (Å²) < 4.78 is 3.33. The Hall–Kier alpha value is -2.44. The van der Waals surface area contributed by atoms with E-state index < -0.39 is 0 Å². The van der Waals surface area contributed by atoms with Crippen molar-refractivity contribution in [3.05, 3.63) is 45.4 Å². The Morgan fingerprint density at radius 2 is 2.09 bits per heavy atom. The first-order valence-electron chi connectivity index (χ1n) is 7.77. The van der Waals surface area contributed by atoms with Gasteiger partial charge in [-0.1, -0.05) is 0 Å². The number of carbonyl (C=O) groups is 1. The fraction of sp³-hybridized carbons (Fsp3) is 0.500. The van der Waals surface area contributed by atoms with Gasteiger partial charge in [-0.15, -0.1) is 0 Å². The first kappa shape index (κ1) is 15.5. The molecule has 0 radical (unpaired) electrons. The summed E-state index contributed by atoms with van der Waals surface area (Å²) in [7, 11) is 1.69. The number of fused-ring (bicyclic) bond motifs is 1. The van der Waals surface area contributed by atoms with Gasteiger partial charge in [-0.3, -0.25) is 14.3 Å². The number of amides is 1. The van der Waals surface area contributed by atoms with E-state index >= 15 is 0 Å². The van der Waals surface area contributed by atoms with Crippen LogP contribution in [0.25, 0.3) is 0 Å². The van der Waals surface area contributed by atoms with Gasteiger partial charge in [0, 0.05) is 30.9 Å². The van der Waals surface area contributed by atoms with Crippen molar-refractivity contribution < 1.29 is 4.79 Å². The molecule has 0 saturated carbocycles. The van der Waals surface area contributed by atoms with E-state index in [-0.39, 0.29) is 17.5 Å². The number of aromatic nitrogens is 4. The van der Waals surface area contributed by atoms with Crippen LogP contribution in [0, 0.1) is 6.92 Å². The van der Waals surface area contributed by atoms with Crippen molar-refractivity contribution in [2.45, 2.75) is 39.8 Å². The Bertz CT molecular complexity index is 818. The van der Waals surface area contributed by atoms with Crippen LogP contribution >= 0.6 is 0 Å². The molecule has 0 saturated heterocycles. The van der Waals surface area contributed by atoms with Crippen LogP contribution in [0.3, 0.4) is 0 Å². The smallest absolute Gasteiger partial charge is 0.257 e. The molecular weight excluding hydrogens is 294 g/mol. The van der Waals surface area contributed by atoms with E-state index in [1.807, 2.05) is 25.5 Å². The van der Waals surface area contributed by atoms with Crippen LogP contribution in [0.5, 0.6) is 0 Å². The van der Waals surface area contributed by atoms with E-state index in [0.717, 1.165) is 5.69 Å². The van der Waals surface area contributed by atoms with E-state index in [4.69, 9.17) is 0 Å². The first-order chi connectivity index (χ1) is 10.9. The lowest BCUT2D eigenvalue weighted by Gasteiger charge is -2.27. The number of carbonyl (C=O) groups excluding carboxylic acids is 1. The molecule has 2 aromatic rings. The zero-order chi connectivity index (χ0) is 16.7. The fourth-order valence-electron chi connectivity index (χ4n) is 3.01. The Morgan fingerprint density at radius 1 is 1.35 bits per heavy atom. The molecule has 0 aromatic carbocycles. The van der Waals surface area contributed by atoms with Gasteiger partial charge in [0.05, 0.1) is 30.3 Å². The largest absolute Gasteiger partial charge is 0.332 e. The second-order valence-electron chi connectivity index (χ2n) is 6.24. The van der Waals surface area contributed by atoms with Crippen molar-refractivity contribution in [2.24, 2.45) is 7.05 Å². The van der Waals surface area contributed by atoms with Crippen LogP contribution in [-0.2, 0) is 20.0 Å². The summed E-state index contributed by atoms with van der Waals surface area (Å²) in [6.45, 7) is 6.87. The van der Waals surface area contributed by atoms with E-state index in [2.05, 4.69) is 10.1 Å². The van der Waals surface area contributed by atoms with Crippen molar-refractivity contribution in [1.29, 1.82) is 0 Å². The summed E-state index contributed by atoms with van der Waals surface area (Å²) in [6.07, 6.45) is 3.68. The lowest BCUT2D eigenvalue weighted by molar-refractivity contribution is 0.0730. The highest BCUT2D eigenvalue weighted by Crippen LogP contribution is 2.19. The number of rotatable bonds is 2. The molecule has 0 bridgehead atoms. The van der Waals surface area contributed by atoms with Crippen molar-refractivity contribution in [3.63, 3.8) is 0 Å². The maximum atomic E-state index is 12.8. The molecule has 7 heteroatoms. The standard InChI is InChI=1S/C16H21N5O2/c1-10(2)21-11(3)13(7-18-21)16(23)20-6-5-12-14(8-20)17-9-19(4)15(12)22/h7,9-10H,5-6,8H2,1-4H3. The van der Waals surface area contributed by atoms with Crippen molar-refractivity contribution in [2.75, 3.05) is 6.54 Å². The van der Waals surface area contributed by atoms with Gasteiger partial charge in [0.2, 0.25) is 0 Å². The molecule has 1 aliphatic heterocycles. The quantitative estimate of drug-likeness (QED) is 0.831. The maximum Gasteiger partial charge on any atom is 0.257 e. The van der Waals surface area contributed by atoms with E-state index in [0.29, 0.717) is 36.3 Å². The minimum Gasteiger partial charge on any atom is -0.332 e. The molecule has 1 amide bonds. The highest BCUT2D eigenvalue weighted by molar-refractivity contribution is 5.95. The van der Waals surface area contributed by atoms with Gasteiger partial charge in [-0.25, -0.2) is 4.98 Å². The Balaban J connectivity index is 1.88. The third-order valence-corrected chi connectivity index (χ3v) is 4.34. The average Bonchev–Trinajstić information content (AvgIpc) is 2.92. The summed E-state index contributed by atoms with van der Waals surface area (Å²) in [6, 6.07) is 0.211. The van der Waals surface area contributed by atoms with Crippen molar-refractivity contribution in [3.8, 4) is 0 Å². The monoisotopic (exact) mass is 315 g/mol. The van der Waals surface area contributed by atoms with Crippen LogP contribution in [0.1, 0.15) is 47.2 Å². The molecule has 1 aliphatic rings. The molecule has 0 spiro atoms. The van der Waals surface area contributed by atoms with Crippen molar-refractivity contribution >= 4 is 5.91 Å². The number of hydrogen-bond acceptors (Lipinski definition) is 4. The lowest BCUT2D eigenvalue weighted by atomic mass is 10.1. The van der Waals surface area contributed by atoms with Gasteiger partial charge in [0.15, 0.2) is 0 Å². The SMILES string of the molecule is Cc1c(C(=O)N2CCc3c(ncn(C)c3=O)C2)cnn1C(C)C. The molecule has 0 unspecified atom stereocenters. The maximum absolute atomic E-state index is 12.8. The van der Waals surface area contributed by atoms with Gasteiger partial charge in [0.25, 0.3) is 11.5 Å². The summed E-state index contributed by atoms with van der Waals surface area (Å²) in [5.74, 6) is -0.0532. The molecule has 3 rings (SSSR count).